The summed E-state index contributed by atoms with van der Waals surface area (Å²) in [5, 5.41) is 13.5. The lowest BCUT2D eigenvalue weighted by molar-refractivity contribution is 0.0636. The number of phenols is 1. The fourth-order valence-corrected chi connectivity index (χ4v) is 3.81. The molecule has 2 amide bonds. The largest absolute Gasteiger partial charge is 0.505 e. The molecule has 4 rings (SSSR count). The van der Waals surface area contributed by atoms with Gasteiger partial charge < -0.3 is 10.4 Å². The highest BCUT2D eigenvalue weighted by Gasteiger charge is 2.38. The molecular weight excluding hydrogens is 427 g/mol. The smallest absolute Gasteiger partial charge is 0.261 e. The molecule has 2 aliphatic heterocycles. The van der Waals surface area contributed by atoms with Gasteiger partial charge in [-0.1, -0.05) is 23.7 Å². The second-order valence-corrected chi connectivity index (χ2v) is 6.51. The average molecular weight is 442 g/mol. The van der Waals surface area contributed by atoms with Gasteiger partial charge in [-0.15, -0.1) is 17.0 Å². The molecule has 5 nitrogen and oxygen atoms in total. The second kappa shape index (κ2) is 6.98. The third kappa shape index (κ3) is 2.80. The number of carbonyl (C=O) groups excluding carboxylic acids is 2. The monoisotopic (exact) mass is 440 g/mol. The fraction of sp³-hybridized carbons (Fsp3) is 0.222. The van der Waals surface area contributed by atoms with E-state index in [-0.39, 0.29) is 28.5 Å². The molecule has 0 aromatic heterocycles. The maximum absolute atomic E-state index is 13.9. The Morgan fingerprint density at radius 2 is 1.85 bits per heavy atom. The van der Waals surface area contributed by atoms with Crippen molar-refractivity contribution in [2.24, 2.45) is 0 Å². The molecule has 0 bridgehead atoms. The van der Waals surface area contributed by atoms with E-state index in [1.807, 2.05) is 0 Å². The normalized spacial score (nSPS) is 18.4. The molecule has 2 aliphatic rings. The van der Waals surface area contributed by atoms with Gasteiger partial charge in [0.05, 0.1) is 17.2 Å². The zero-order chi connectivity index (χ0) is 17.7. The Bertz CT molecular complexity index is 887. The lowest BCUT2D eigenvalue weighted by atomic mass is 9.92. The number of nitrogens with zero attached hydrogens (tertiary/aromatic N) is 1. The summed E-state index contributed by atoms with van der Waals surface area (Å²) in [6.07, 6.45) is 0.528. The molecule has 1 atom stereocenters. The number of fused-ring (bicyclic) bond motifs is 2. The minimum absolute atomic E-state index is 0. The quantitative estimate of drug-likeness (QED) is 0.702. The molecule has 0 saturated heterocycles. The third-order valence-electron chi connectivity index (χ3n) is 4.71. The van der Waals surface area contributed by atoms with Crippen molar-refractivity contribution in [3.8, 4) is 5.75 Å². The van der Waals surface area contributed by atoms with Gasteiger partial charge in [-0.05, 0) is 36.7 Å². The van der Waals surface area contributed by atoms with Crippen LogP contribution in [0.1, 0.15) is 37.9 Å². The topological polar surface area (TPSA) is 69.6 Å². The Morgan fingerprint density at radius 3 is 2.46 bits per heavy atom. The van der Waals surface area contributed by atoms with Gasteiger partial charge >= 0.3 is 0 Å². The number of hydrogen-bond acceptors (Lipinski definition) is 4. The Kier molecular flexibility index (Phi) is 5.05. The van der Waals surface area contributed by atoms with Gasteiger partial charge in [0.2, 0.25) is 0 Å². The van der Waals surface area contributed by atoms with E-state index in [2.05, 4.69) is 5.32 Å². The minimum Gasteiger partial charge on any atom is -0.505 e. The fourth-order valence-electron chi connectivity index (χ4n) is 3.51. The lowest BCUT2D eigenvalue weighted by Gasteiger charge is -2.31. The number of nitrogens with one attached hydrogen (secondary N) is 1. The van der Waals surface area contributed by atoms with Crippen molar-refractivity contribution in [3.05, 3.63) is 63.4 Å². The molecule has 0 saturated carbocycles. The number of phenolic OH excluding ortho intramolecular Hbond substituents is 1. The summed E-state index contributed by atoms with van der Waals surface area (Å²) in [6.45, 7) is 0.540. The van der Waals surface area contributed by atoms with Gasteiger partial charge in [-0.2, -0.15) is 0 Å². The van der Waals surface area contributed by atoms with Crippen molar-refractivity contribution < 1.29 is 19.1 Å². The summed E-state index contributed by atoms with van der Waals surface area (Å²) in [6, 6.07) is 7.10. The number of aromatic hydroxyl groups is 1. The van der Waals surface area contributed by atoms with Crippen LogP contribution >= 0.6 is 28.6 Å². The predicted molar refractivity (Wildman–Crippen MR) is 99.7 cm³/mol. The summed E-state index contributed by atoms with van der Waals surface area (Å²) in [5.74, 6) is -2.10. The first-order valence-electron chi connectivity index (χ1n) is 7.87. The number of rotatable bonds is 2. The number of benzene rings is 2. The standard InChI is InChI=1S/C18H14ClFN2O3.BrH/c19-12-7-13(20)16(23)15-11(12)5-6-21-14(15)8-22-17(24)9-3-1-2-4-10(9)18(22)25;/h1-4,7,14,21,23H,5-6,8H2;1H. The predicted octanol–water partition coefficient (Wildman–Crippen LogP) is 3.25. The number of halogens is 3. The van der Waals surface area contributed by atoms with Crippen molar-refractivity contribution in [1.82, 2.24) is 10.2 Å². The van der Waals surface area contributed by atoms with Gasteiger partial charge in [-0.3, -0.25) is 14.5 Å². The number of imide groups is 1. The van der Waals surface area contributed by atoms with Gasteiger partial charge in [0.15, 0.2) is 11.6 Å². The van der Waals surface area contributed by atoms with Crippen LogP contribution in [0.3, 0.4) is 0 Å². The molecule has 136 valence electrons. The van der Waals surface area contributed by atoms with Crippen LogP contribution in [-0.2, 0) is 6.42 Å². The third-order valence-corrected chi connectivity index (χ3v) is 5.04. The average Bonchev–Trinajstić information content (AvgIpc) is 2.85. The summed E-state index contributed by atoms with van der Waals surface area (Å²) in [7, 11) is 0. The highest BCUT2D eigenvalue weighted by Crippen LogP contribution is 2.38. The van der Waals surface area contributed by atoms with Crippen molar-refractivity contribution in [1.29, 1.82) is 0 Å². The van der Waals surface area contributed by atoms with Crippen molar-refractivity contribution in [3.63, 3.8) is 0 Å². The summed E-state index contributed by atoms with van der Waals surface area (Å²) >= 11 is 6.11. The van der Waals surface area contributed by atoms with E-state index >= 15 is 0 Å². The molecule has 0 fully saturated rings. The van der Waals surface area contributed by atoms with Crippen LogP contribution in [0.25, 0.3) is 0 Å². The van der Waals surface area contributed by atoms with Crippen LogP contribution in [0.5, 0.6) is 5.75 Å². The van der Waals surface area contributed by atoms with Gasteiger partial charge in [0.1, 0.15) is 0 Å². The Hall–Kier alpha value is -1.96. The zero-order valence-corrected chi connectivity index (χ0v) is 15.9. The van der Waals surface area contributed by atoms with Crippen LogP contribution < -0.4 is 5.32 Å². The first-order valence-corrected chi connectivity index (χ1v) is 8.25. The van der Waals surface area contributed by atoms with Crippen molar-refractivity contribution in [2.45, 2.75) is 12.5 Å². The van der Waals surface area contributed by atoms with E-state index < -0.39 is 29.4 Å². The zero-order valence-electron chi connectivity index (χ0n) is 13.5. The first-order chi connectivity index (χ1) is 12.0. The van der Waals surface area contributed by atoms with Crippen LogP contribution in [0.15, 0.2) is 30.3 Å². The summed E-state index contributed by atoms with van der Waals surface area (Å²) in [5.41, 5.74) is 1.66. The molecule has 2 aromatic carbocycles. The number of amides is 2. The minimum atomic E-state index is -0.820. The van der Waals surface area contributed by atoms with Gasteiger partial charge in [0, 0.05) is 17.1 Å². The highest BCUT2D eigenvalue weighted by molar-refractivity contribution is 8.93. The van der Waals surface area contributed by atoms with E-state index in [1.54, 1.807) is 24.3 Å². The van der Waals surface area contributed by atoms with E-state index in [0.29, 0.717) is 35.2 Å². The molecular formula is C18H15BrClFN2O3. The Morgan fingerprint density at radius 1 is 1.23 bits per heavy atom. The molecule has 0 aliphatic carbocycles. The van der Waals surface area contributed by atoms with Gasteiger partial charge in [0.25, 0.3) is 11.8 Å². The van der Waals surface area contributed by atoms with Crippen molar-refractivity contribution >= 4 is 40.4 Å². The van der Waals surface area contributed by atoms with Crippen LogP contribution in [-0.4, -0.2) is 34.9 Å². The molecule has 8 heteroatoms. The lowest BCUT2D eigenvalue weighted by Crippen LogP contribution is -2.41. The van der Waals surface area contributed by atoms with E-state index in [9.17, 15) is 19.1 Å². The van der Waals surface area contributed by atoms with Gasteiger partial charge in [-0.25, -0.2) is 4.39 Å². The first kappa shape index (κ1) is 18.8. The SMILES string of the molecule is Br.O=C1c2ccccc2C(=O)N1CC1NCCc2c(Cl)cc(F)c(O)c21. The molecule has 1 unspecified atom stereocenters. The van der Waals surface area contributed by atoms with Crippen LogP contribution in [0.2, 0.25) is 5.02 Å². The number of carbonyl (C=O) groups is 2. The van der Waals surface area contributed by atoms with Crippen molar-refractivity contribution in [2.75, 3.05) is 13.1 Å². The summed E-state index contributed by atoms with van der Waals surface area (Å²) in [4.78, 5) is 26.2. The summed E-state index contributed by atoms with van der Waals surface area (Å²) < 4.78 is 13.9. The molecule has 0 spiro atoms. The molecule has 2 N–H and O–H groups in total. The molecule has 2 heterocycles. The van der Waals surface area contributed by atoms with E-state index in [1.165, 1.54) is 0 Å². The Balaban J connectivity index is 0.00000196. The van der Waals surface area contributed by atoms with Crippen LogP contribution in [0.4, 0.5) is 4.39 Å². The molecule has 0 radical (unpaired) electrons. The Labute approximate surface area is 164 Å². The van der Waals surface area contributed by atoms with Crippen LogP contribution in [0, 0.1) is 5.82 Å². The highest BCUT2D eigenvalue weighted by atomic mass is 79.9. The maximum Gasteiger partial charge on any atom is 0.261 e. The molecule has 26 heavy (non-hydrogen) atoms. The second-order valence-electron chi connectivity index (χ2n) is 6.10. The van der Waals surface area contributed by atoms with E-state index in [0.717, 1.165) is 11.0 Å². The number of hydrogen-bond donors (Lipinski definition) is 2. The molecule has 2 aromatic rings. The van der Waals surface area contributed by atoms with E-state index in [4.69, 9.17) is 11.6 Å². The maximum atomic E-state index is 13.9.